The Morgan fingerprint density at radius 3 is 2.34 bits per heavy atom. The topological polar surface area (TPSA) is 102 Å². The predicted molar refractivity (Wildman–Crippen MR) is 111 cm³/mol. The van der Waals surface area contributed by atoms with Crippen molar-refractivity contribution < 1.29 is 27.5 Å². The van der Waals surface area contributed by atoms with Gasteiger partial charge in [-0.25, -0.2) is 13.2 Å². The van der Waals surface area contributed by atoms with E-state index in [-0.39, 0.29) is 0 Å². The summed E-state index contributed by atoms with van der Waals surface area (Å²) in [6.07, 6.45) is 1.03. The molecule has 0 aliphatic heterocycles. The molecule has 0 aliphatic carbocycles. The average Bonchev–Trinajstić information content (AvgIpc) is 2.68. The molecule has 1 atom stereocenters. The quantitative estimate of drug-likeness (QED) is 0.691. The standard InChI is InChI=1S/C20H24N2O6S/c1-13-17(20(24)28-4)10-7-11-18(13)21-19(23)14(2)22(29(5,25)26)15-8-6-9-16(12-15)27-3/h6-12,14H,1-5H3,(H,21,23). The first kappa shape index (κ1) is 22.2. The fraction of sp³-hybridized carbons (Fsp3) is 0.300. The summed E-state index contributed by atoms with van der Waals surface area (Å²) in [4.78, 5) is 24.7. The number of sulfonamides is 1. The molecule has 8 nitrogen and oxygen atoms in total. The number of anilines is 2. The predicted octanol–water partition coefficient (Wildman–Crippen LogP) is 2.58. The monoisotopic (exact) mass is 420 g/mol. The van der Waals surface area contributed by atoms with Crippen molar-refractivity contribution in [2.24, 2.45) is 0 Å². The van der Waals surface area contributed by atoms with Crippen LogP contribution in [0.5, 0.6) is 5.75 Å². The molecule has 156 valence electrons. The molecule has 0 bridgehead atoms. The van der Waals surface area contributed by atoms with E-state index in [9.17, 15) is 18.0 Å². The maximum absolute atomic E-state index is 12.9. The molecule has 0 saturated heterocycles. The van der Waals surface area contributed by atoms with Crippen molar-refractivity contribution >= 4 is 33.3 Å². The van der Waals surface area contributed by atoms with Crippen LogP contribution in [0.15, 0.2) is 42.5 Å². The number of ether oxygens (including phenoxy) is 2. The summed E-state index contributed by atoms with van der Waals surface area (Å²) in [5.74, 6) is -0.616. The number of carbonyl (C=O) groups is 2. The number of carbonyl (C=O) groups excluding carboxylic acids is 2. The third-order valence-corrected chi connectivity index (χ3v) is 5.63. The van der Waals surface area contributed by atoms with Crippen LogP contribution in [-0.4, -0.2) is 46.8 Å². The molecule has 0 fully saturated rings. The van der Waals surface area contributed by atoms with E-state index in [4.69, 9.17) is 9.47 Å². The van der Waals surface area contributed by atoms with Crippen LogP contribution >= 0.6 is 0 Å². The molecule has 2 aromatic rings. The van der Waals surface area contributed by atoms with Crippen molar-refractivity contribution in [1.82, 2.24) is 0 Å². The molecular weight excluding hydrogens is 396 g/mol. The van der Waals surface area contributed by atoms with Crippen molar-refractivity contribution in [3.63, 3.8) is 0 Å². The molecule has 0 spiro atoms. The SMILES string of the molecule is COC(=O)c1cccc(NC(=O)C(C)N(c2cccc(OC)c2)S(C)(=O)=O)c1C. The summed E-state index contributed by atoms with van der Waals surface area (Å²) >= 11 is 0. The Labute approximate surface area is 170 Å². The molecule has 0 aliphatic rings. The normalized spacial score (nSPS) is 12.0. The highest BCUT2D eigenvalue weighted by Gasteiger charge is 2.30. The molecule has 2 rings (SSSR count). The van der Waals surface area contributed by atoms with Crippen LogP contribution in [0, 0.1) is 6.92 Å². The number of nitrogens with one attached hydrogen (secondary N) is 1. The fourth-order valence-electron chi connectivity index (χ4n) is 2.90. The van der Waals surface area contributed by atoms with Crippen LogP contribution in [0.3, 0.4) is 0 Å². The van der Waals surface area contributed by atoms with E-state index in [2.05, 4.69) is 5.32 Å². The van der Waals surface area contributed by atoms with Crippen LogP contribution in [0.1, 0.15) is 22.8 Å². The largest absolute Gasteiger partial charge is 0.497 e. The van der Waals surface area contributed by atoms with E-state index in [1.165, 1.54) is 27.2 Å². The lowest BCUT2D eigenvalue weighted by molar-refractivity contribution is -0.116. The number of esters is 1. The molecule has 2 aromatic carbocycles. The Morgan fingerprint density at radius 1 is 1.10 bits per heavy atom. The van der Waals surface area contributed by atoms with Crippen molar-refractivity contribution in [1.29, 1.82) is 0 Å². The molecule has 1 N–H and O–H groups in total. The summed E-state index contributed by atoms with van der Waals surface area (Å²) < 4.78 is 35.7. The van der Waals surface area contributed by atoms with Crippen LogP contribution in [0.25, 0.3) is 0 Å². The number of amides is 1. The first-order valence-corrected chi connectivity index (χ1v) is 10.6. The second-order valence-corrected chi connectivity index (χ2v) is 8.25. The van der Waals surface area contributed by atoms with E-state index in [1.54, 1.807) is 43.3 Å². The van der Waals surface area contributed by atoms with Crippen LogP contribution in [-0.2, 0) is 19.6 Å². The zero-order valence-electron chi connectivity index (χ0n) is 16.9. The molecule has 0 radical (unpaired) electrons. The molecule has 1 unspecified atom stereocenters. The lowest BCUT2D eigenvalue weighted by atomic mass is 10.1. The van der Waals surface area contributed by atoms with Crippen molar-refractivity contribution in [3.05, 3.63) is 53.6 Å². The number of nitrogens with zero attached hydrogens (tertiary/aromatic N) is 1. The number of rotatable bonds is 7. The maximum atomic E-state index is 12.9. The first-order chi connectivity index (χ1) is 13.6. The van der Waals surface area contributed by atoms with E-state index in [1.807, 2.05) is 0 Å². The van der Waals surface area contributed by atoms with Gasteiger partial charge in [-0.3, -0.25) is 9.10 Å². The lowest BCUT2D eigenvalue weighted by Crippen LogP contribution is -2.45. The third-order valence-electron chi connectivity index (χ3n) is 4.39. The van der Waals surface area contributed by atoms with Gasteiger partial charge in [0.25, 0.3) is 0 Å². The minimum atomic E-state index is -3.77. The van der Waals surface area contributed by atoms with Crippen molar-refractivity contribution in [3.8, 4) is 5.75 Å². The number of methoxy groups -OCH3 is 2. The van der Waals surface area contributed by atoms with Gasteiger partial charge < -0.3 is 14.8 Å². The van der Waals surface area contributed by atoms with Crippen LogP contribution < -0.4 is 14.4 Å². The highest BCUT2D eigenvalue weighted by molar-refractivity contribution is 7.92. The van der Waals surface area contributed by atoms with Gasteiger partial charge >= 0.3 is 5.97 Å². The summed E-state index contributed by atoms with van der Waals surface area (Å²) in [7, 11) is -1.03. The molecule has 0 heterocycles. The van der Waals surface area contributed by atoms with Gasteiger partial charge in [0, 0.05) is 11.8 Å². The minimum Gasteiger partial charge on any atom is -0.497 e. The summed E-state index contributed by atoms with van der Waals surface area (Å²) in [5.41, 5.74) is 1.52. The van der Waals surface area contributed by atoms with Gasteiger partial charge in [0.1, 0.15) is 11.8 Å². The Balaban J connectivity index is 2.37. The van der Waals surface area contributed by atoms with Crippen LogP contribution in [0.2, 0.25) is 0 Å². The summed E-state index contributed by atoms with van der Waals surface area (Å²) in [6.45, 7) is 3.15. The van der Waals surface area contributed by atoms with Crippen LogP contribution in [0.4, 0.5) is 11.4 Å². The Morgan fingerprint density at radius 2 is 1.76 bits per heavy atom. The van der Waals surface area contributed by atoms with Gasteiger partial charge in [0.15, 0.2) is 0 Å². The highest BCUT2D eigenvalue weighted by Crippen LogP contribution is 2.26. The molecular formula is C20H24N2O6S. The fourth-order valence-corrected chi connectivity index (χ4v) is 4.06. The van der Waals surface area contributed by atoms with Gasteiger partial charge in [-0.05, 0) is 43.7 Å². The second-order valence-electron chi connectivity index (χ2n) is 6.40. The lowest BCUT2D eigenvalue weighted by Gasteiger charge is -2.28. The van der Waals surface area contributed by atoms with E-state index in [0.717, 1.165) is 10.6 Å². The van der Waals surface area contributed by atoms with E-state index in [0.29, 0.717) is 28.3 Å². The summed E-state index contributed by atoms with van der Waals surface area (Å²) in [5, 5.41) is 2.70. The van der Waals surface area contributed by atoms with Gasteiger partial charge in [0.2, 0.25) is 15.9 Å². The third kappa shape index (κ3) is 5.05. The van der Waals surface area contributed by atoms with Gasteiger partial charge in [-0.2, -0.15) is 0 Å². The Kier molecular flexibility index (Phi) is 6.86. The van der Waals surface area contributed by atoms with E-state index >= 15 is 0 Å². The van der Waals surface area contributed by atoms with E-state index < -0.39 is 27.9 Å². The Hall–Kier alpha value is -3.07. The zero-order valence-corrected chi connectivity index (χ0v) is 17.7. The molecule has 0 saturated carbocycles. The number of benzene rings is 2. The minimum absolute atomic E-state index is 0.300. The molecule has 0 aromatic heterocycles. The Bertz CT molecular complexity index is 1020. The molecule has 9 heteroatoms. The number of hydrogen-bond donors (Lipinski definition) is 1. The molecule has 1 amide bonds. The highest BCUT2D eigenvalue weighted by atomic mass is 32.2. The van der Waals surface area contributed by atoms with Gasteiger partial charge in [-0.15, -0.1) is 0 Å². The second kappa shape index (κ2) is 8.95. The van der Waals surface area contributed by atoms with Crippen molar-refractivity contribution in [2.45, 2.75) is 19.9 Å². The smallest absolute Gasteiger partial charge is 0.338 e. The zero-order chi connectivity index (χ0) is 21.8. The first-order valence-electron chi connectivity index (χ1n) is 8.72. The summed E-state index contributed by atoms with van der Waals surface area (Å²) in [6, 6.07) is 10.2. The average molecular weight is 420 g/mol. The molecule has 29 heavy (non-hydrogen) atoms. The maximum Gasteiger partial charge on any atom is 0.338 e. The van der Waals surface area contributed by atoms with Gasteiger partial charge in [0.05, 0.1) is 31.7 Å². The van der Waals surface area contributed by atoms with Gasteiger partial charge in [-0.1, -0.05) is 12.1 Å². The van der Waals surface area contributed by atoms with Crippen molar-refractivity contribution in [2.75, 3.05) is 30.1 Å². The number of hydrogen-bond acceptors (Lipinski definition) is 6.